The Morgan fingerprint density at radius 1 is 1.04 bits per heavy atom. The molecule has 0 aliphatic carbocycles. The minimum absolute atomic E-state index is 0.0632. The van der Waals surface area contributed by atoms with Gasteiger partial charge >= 0.3 is 0 Å². The molecule has 6 nitrogen and oxygen atoms in total. The fraction of sp³-hybridized carbons (Fsp3) is 0.350. The fourth-order valence-electron chi connectivity index (χ4n) is 3.97. The van der Waals surface area contributed by atoms with E-state index in [2.05, 4.69) is 38.2 Å². The van der Waals surface area contributed by atoms with Gasteiger partial charge in [-0.05, 0) is 55.3 Å². The lowest BCUT2D eigenvalue weighted by molar-refractivity contribution is 0.0770. The molecule has 2 amide bonds. The molecule has 2 unspecified atom stereocenters. The molecule has 0 saturated carbocycles. The number of pyridine rings is 1. The van der Waals surface area contributed by atoms with E-state index in [9.17, 15) is 9.59 Å². The van der Waals surface area contributed by atoms with Crippen LogP contribution < -0.4 is 5.32 Å². The number of carbonyl (C=O) groups excluding carboxylic acids is 2. The smallest absolute Gasteiger partial charge is 0.272 e. The second-order valence-electron chi connectivity index (χ2n) is 7.32. The molecule has 2 aliphatic rings. The average molecular weight is 429 g/mol. The van der Waals surface area contributed by atoms with Gasteiger partial charge in [0.2, 0.25) is 0 Å². The molecule has 2 saturated heterocycles. The summed E-state index contributed by atoms with van der Waals surface area (Å²) in [6.45, 7) is 3.66. The Bertz CT molecular complexity index is 857. The van der Waals surface area contributed by atoms with Crippen molar-refractivity contribution in [3.63, 3.8) is 0 Å². The van der Waals surface area contributed by atoms with Crippen LogP contribution in [0.5, 0.6) is 0 Å². The van der Waals surface area contributed by atoms with Crippen molar-refractivity contribution in [2.24, 2.45) is 11.8 Å². The van der Waals surface area contributed by atoms with E-state index in [0.29, 0.717) is 28.9 Å². The van der Waals surface area contributed by atoms with Crippen molar-refractivity contribution in [3.05, 3.63) is 58.2 Å². The molecular formula is C20H21BrN4O2. The Labute approximate surface area is 166 Å². The highest BCUT2D eigenvalue weighted by molar-refractivity contribution is 9.10. The summed E-state index contributed by atoms with van der Waals surface area (Å²) < 4.78 is 0.909. The normalized spacial score (nSPS) is 21.9. The van der Waals surface area contributed by atoms with Crippen LogP contribution in [0.1, 0.15) is 20.8 Å². The van der Waals surface area contributed by atoms with Crippen LogP contribution in [-0.2, 0) is 0 Å². The maximum atomic E-state index is 12.8. The van der Waals surface area contributed by atoms with E-state index in [1.165, 1.54) is 0 Å². The van der Waals surface area contributed by atoms with Crippen LogP contribution in [0, 0.1) is 11.8 Å². The first kappa shape index (κ1) is 18.1. The molecule has 0 spiro atoms. The number of anilines is 1. The van der Waals surface area contributed by atoms with Gasteiger partial charge in [0.15, 0.2) is 0 Å². The van der Waals surface area contributed by atoms with Gasteiger partial charge in [-0.1, -0.05) is 22.0 Å². The molecule has 2 atom stereocenters. The fourth-order valence-corrected chi connectivity index (χ4v) is 4.23. The van der Waals surface area contributed by atoms with E-state index >= 15 is 0 Å². The summed E-state index contributed by atoms with van der Waals surface area (Å²) in [7, 11) is 2.13. The number of likely N-dealkylation sites (tertiary alicyclic amines) is 2. The first-order valence-electron chi connectivity index (χ1n) is 9.01. The zero-order valence-electron chi connectivity index (χ0n) is 15.1. The highest BCUT2D eigenvalue weighted by atomic mass is 79.9. The van der Waals surface area contributed by atoms with Crippen molar-refractivity contribution in [1.29, 1.82) is 0 Å². The molecule has 1 aromatic heterocycles. The number of hydrogen-bond acceptors (Lipinski definition) is 4. The van der Waals surface area contributed by atoms with Crippen molar-refractivity contribution in [2.45, 2.75) is 0 Å². The molecule has 140 valence electrons. The van der Waals surface area contributed by atoms with E-state index in [0.717, 1.165) is 30.7 Å². The van der Waals surface area contributed by atoms with Crippen LogP contribution in [0.15, 0.2) is 46.9 Å². The molecule has 7 heteroatoms. The maximum absolute atomic E-state index is 12.8. The average Bonchev–Trinajstić information content (AvgIpc) is 3.19. The number of halogens is 1. The number of benzene rings is 1. The molecule has 0 radical (unpaired) electrons. The molecule has 0 bridgehead atoms. The molecule has 4 rings (SSSR count). The SMILES string of the molecule is CN1CC2CN(C(=O)c3cccc(NC(=O)c4ccc(Br)cc4)n3)CC2C1. The monoisotopic (exact) mass is 428 g/mol. The van der Waals surface area contributed by atoms with Crippen molar-refractivity contribution in [2.75, 3.05) is 38.5 Å². The van der Waals surface area contributed by atoms with E-state index in [1.807, 2.05) is 17.0 Å². The number of carbonyl (C=O) groups is 2. The van der Waals surface area contributed by atoms with Gasteiger partial charge in [0.05, 0.1) is 0 Å². The van der Waals surface area contributed by atoms with Gasteiger partial charge in [0, 0.05) is 36.2 Å². The number of nitrogens with zero attached hydrogens (tertiary/aromatic N) is 3. The van der Waals surface area contributed by atoms with Gasteiger partial charge < -0.3 is 15.1 Å². The molecule has 2 aromatic rings. The summed E-state index contributed by atoms with van der Waals surface area (Å²) in [6.07, 6.45) is 0. The topological polar surface area (TPSA) is 65.5 Å². The van der Waals surface area contributed by atoms with Crippen molar-refractivity contribution >= 4 is 33.6 Å². The quantitative estimate of drug-likeness (QED) is 0.815. The van der Waals surface area contributed by atoms with Gasteiger partial charge in [-0.2, -0.15) is 0 Å². The number of aromatic nitrogens is 1. The third kappa shape index (κ3) is 3.89. The number of nitrogens with one attached hydrogen (secondary N) is 1. The summed E-state index contributed by atoms with van der Waals surface area (Å²) >= 11 is 3.35. The van der Waals surface area contributed by atoms with Crippen molar-refractivity contribution in [3.8, 4) is 0 Å². The number of rotatable bonds is 3. The minimum Gasteiger partial charge on any atom is -0.337 e. The van der Waals surface area contributed by atoms with Crippen molar-refractivity contribution in [1.82, 2.24) is 14.8 Å². The number of amides is 2. The lowest BCUT2D eigenvalue weighted by atomic mass is 10.0. The first-order valence-corrected chi connectivity index (χ1v) is 9.80. The lowest BCUT2D eigenvalue weighted by Crippen LogP contribution is -2.33. The van der Waals surface area contributed by atoms with Gasteiger partial charge in [-0.25, -0.2) is 4.98 Å². The second-order valence-corrected chi connectivity index (χ2v) is 8.24. The van der Waals surface area contributed by atoms with Crippen LogP contribution in [0.2, 0.25) is 0 Å². The highest BCUT2D eigenvalue weighted by Crippen LogP contribution is 2.30. The standard InChI is InChI=1S/C20H21BrN4O2/c1-24-9-14-11-25(12-15(14)10-24)20(27)17-3-2-4-18(22-17)23-19(26)13-5-7-16(21)8-6-13/h2-8,14-15H,9-12H2,1H3,(H,22,23,26). The highest BCUT2D eigenvalue weighted by Gasteiger charge is 2.40. The van der Waals surface area contributed by atoms with Crippen LogP contribution in [-0.4, -0.2) is 59.8 Å². The van der Waals surface area contributed by atoms with E-state index in [-0.39, 0.29) is 11.8 Å². The predicted octanol–water partition coefficient (Wildman–Crippen LogP) is 2.73. The van der Waals surface area contributed by atoms with Gasteiger partial charge in [-0.3, -0.25) is 9.59 Å². The third-order valence-electron chi connectivity index (χ3n) is 5.27. The summed E-state index contributed by atoms with van der Waals surface area (Å²) in [5, 5.41) is 2.77. The molecule has 27 heavy (non-hydrogen) atoms. The number of fused-ring (bicyclic) bond motifs is 1. The molecular weight excluding hydrogens is 408 g/mol. The zero-order chi connectivity index (χ0) is 19.0. The van der Waals surface area contributed by atoms with Crippen molar-refractivity contribution < 1.29 is 9.59 Å². The lowest BCUT2D eigenvalue weighted by Gasteiger charge is -2.19. The molecule has 1 aromatic carbocycles. The van der Waals surface area contributed by atoms with Crippen LogP contribution >= 0.6 is 15.9 Å². The Morgan fingerprint density at radius 2 is 1.70 bits per heavy atom. The molecule has 1 N–H and O–H groups in total. The Balaban J connectivity index is 1.44. The van der Waals surface area contributed by atoms with Gasteiger partial charge in [-0.15, -0.1) is 0 Å². The largest absolute Gasteiger partial charge is 0.337 e. The Kier molecular flexibility index (Phi) is 4.97. The molecule has 3 heterocycles. The predicted molar refractivity (Wildman–Crippen MR) is 107 cm³/mol. The van der Waals surface area contributed by atoms with Crippen LogP contribution in [0.3, 0.4) is 0 Å². The Morgan fingerprint density at radius 3 is 2.37 bits per heavy atom. The minimum atomic E-state index is -0.252. The van der Waals surface area contributed by atoms with E-state index < -0.39 is 0 Å². The first-order chi connectivity index (χ1) is 13.0. The third-order valence-corrected chi connectivity index (χ3v) is 5.80. The molecule has 2 aliphatic heterocycles. The Hall–Kier alpha value is -2.25. The van der Waals surface area contributed by atoms with E-state index in [1.54, 1.807) is 30.3 Å². The van der Waals surface area contributed by atoms with Crippen LogP contribution in [0.25, 0.3) is 0 Å². The van der Waals surface area contributed by atoms with Gasteiger partial charge in [0.1, 0.15) is 11.5 Å². The summed E-state index contributed by atoms with van der Waals surface area (Å²) in [6, 6.07) is 12.2. The summed E-state index contributed by atoms with van der Waals surface area (Å²) in [4.78, 5) is 33.8. The molecule has 2 fully saturated rings. The maximum Gasteiger partial charge on any atom is 0.272 e. The summed E-state index contributed by atoms with van der Waals surface area (Å²) in [5.41, 5.74) is 0.908. The van der Waals surface area contributed by atoms with Crippen LogP contribution in [0.4, 0.5) is 5.82 Å². The second kappa shape index (κ2) is 7.40. The zero-order valence-corrected chi connectivity index (χ0v) is 16.6. The van der Waals surface area contributed by atoms with Gasteiger partial charge in [0.25, 0.3) is 11.8 Å². The summed E-state index contributed by atoms with van der Waals surface area (Å²) in [5.74, 6) is 1.18. The van der Waals surface area contributed by atoms with E-state index in [4.69, 9.17) is 0 Å². The number of hydrogen-bond donors (Lipinski definition) is 1.